The quantitative estimate of drug-likeness (QED) is 0.260. The third kappa shape index (κ3) is 8.62. The Balaban J connectivity index is 0.00000385. The van der Waals surface area contributed by atoms with E-state index >= 15 is 0 Å². The standard InChI is InChI=1S/C26H37N5O.HI/c1-20-12-15-31(16-13-20)19-24-9-5-4-8-23(24)18-30-26(28-3)29-14-11-21-7-6-10-22(17-21)25(32)27-2;/h4-10,17,20H,11-16,18-19H2,1-3H3,(H,27,32)(H2,28,29,30);1H. The molecule has 180 valence electrons. The smallest absolute Gasteiger partial charge is 0.251 e. The van der Waals surface area contributed by atoms with Gasteiger partial charge in [0.25, 0.3) is 5.91 Å². The molecule has 0 aliphatic carbocycles. The Morgan fingerprint density at radius 3 is 2.48 bits per heavy atom. The van der Waals surface area contributed by atoms with Gasteiger partial charge in [0.05, 0.1) is 0 Å². The number of likely N-dealkylation sites (tertiary alicyclic amines) is 1. The fourth-order valence-electron chi connectivity index (χ4n) is 4.08. The molecule has 1 fully saturated rings. The largest absolute Gasteiger partial charge is 0.356 e. The van der Waals surface area contributed by atoms with Crippen LogP contribution >= 0.6 is 24.0 Å². The number of nitrogens with zero attached hydrogens (tertiary/aromatic N) is 2. The summed E-state index contributed by atoms with van der Waals surface area (Å²) in [6, 6.07) is 16.4. The maximum absolute atomic E-state index is 11.8. The molecule has 3 N–H and O–H groups in total. The van der Waals surface area contributed by atoms with E-state index < -0.39 is 0 Å². The van der Waals surface area contributed by atoms with E-state index in [2.05, 4.69) is 57.0 Å². The predicted molar refractivity (Wildman–Crippen MR) is 147 cm³/mol. The van der Waals surface area contributed by atoms with Crippen molar-refractivity contribution in [2.45, 2.75) is 39.3 Å². The van der Waals surface area contributed by atoms with Gasteiger partial charge < -0.3 is 16.0 Å². The van der Waals surface area contributed by atoms with Gasteiger partial charge in [-0.15, -0.1) is 24.0 Å². The van der Waals surface area contributed by atoms with E-state index in [0.717, 1.165) is 43.5 Å². The minimum atomic E-state index is -0.0602. The van der Waals surface area contributed by atoms with Crippen molar-refractivity contribution in [2.24, 2.45) is 10.9 Å². The first-order valence-electron chi connectivity index (χ1n) is 11.6. The number of nitrogens with one attached hydrogen (secondary N) is 3. The minimum Gasteiger partial charge on any atom is -0.356 e. The summed E-state index contributed by atoms with van der Waals surface area (Å²) in [4.78, 5) is 18.8. The van der Waals surface area contributed by atoms with E-state index in [0.29, 0.717) is 5.56 Å². The molecule has 2 aromatic rings. The van der Waals surface area contributed by atoms with Crippen LogP contribution in [0.2, 0.25) is 0 Å². The molecule has 6 nitrogen and oxygen atoms in total. The highest BCUT2D eigenvalue weighted by atomic mass is 127. The van der Waals surface area contributed by atoms with Crippen LogP contribution in [0.5, 0.6) is 0 Å². The van der Waals surface area contributed by atoms with Crippen molar-refractivity contribution in [1.82, 2.24) is 20.9 Å². The van der Waals surface area contributed by atoms with Gasteiger partial charge in [0, 0.05) is 39.3 Å². The number of aliphatic imine (C=N–C) groups is 1. The molecule has 0 atom stereocenters. The first kappa shape index (κ1) is 27.1. The molecule has 1 amide bonds. The molecule has 0 saturated carbocycles. The fourth-order valence-corrected chi connectivity index (χ4v) is 4.08. The maximum Gasteiger partial charge on any atom is 0.251 e. The van der Waals surface area contributed by atoms with Crippen LogP contribution in [0.4, 0.5) is 0 Å². The average molecular weight is 564 g/mol. The van der Waals surface area contributed by atoms with Gasteiger partial charge in [-0.05, 0) is 67.1 Å². The van der Waals surface area contributed by atoms with Crippen LogP contribution in [0.1, 0.15) is 46.8 Å². The molecule has 1 heterocycles. The highest BCUT2D eigenvalue weighted by molar-refractivity contribution is 14.0. The Hall–Kier alpha value is -2.13. The third-order valence-electron chi connectivity index (χ3n) is 6.18. The molecule has 0 bridgehead atoms. The van der Waals surface area contributed by atoms with Crippen LogP contribution in [0.3, 0.4) is 0 Å². The summed E-state index contributed by atoms with van der Waals surface area (Å²) >= 11 is 0. The van der Waals surface area contributed by atoms with E-state index in [1.165, 1.54) is 37.1 Å². The number of carbonyl (C=O) groups is 1. The van der Waals surface area contributed by atoms with Crippen LogP contribution in [-0.2, 0) is 19.5 Å². The van der Waals surface area contributed by atoms with Crippen molar-refractivity contribution in [3.8, 4) is 0 Å². The maximum atomic E-state index is 11.8. The molecule has 1 aliphatic rings. The van der Waals surface area contributed by atoms with E-state index in [-0.39, 0.29) is 29.9 Å². The number of carbonyl (C=O) groups excluding carboxylic acids is 1. The Morgan fingerprint density at radius 2 is 1.79 bits per heavy atom. The SMILES string of the molecule is CN=C(NCCc1cccc(C(=O)NC)c1)NCc1ccccc1CN1CCC(C)CC1.I. The third-order valence-corrected chi connectivity index (χ3v) is 6.18. The van der Waals surface area contributed by atoms with E-state index in [1.54, 1.807) is 14.1 Å². The number of benzene rings is 2. The van der Waals surface area contributed by atoms with Crippen LogP contribution < -0.4 is 16.0 Å². The highest BCUT2D eigenvalue weighted by Crippen LogP contribution is 2.19. The number of hydrogen-bond donors (Lipinski definition) is 3. The summed E-state index contributed by atoms with van der Waals surface area (Å²) < 4.78 is 0. The number of rotatable bonds is 8. The molecule has 1 saturated heterocycles. The molecule has 0 unspecified atom stereocenters. The zero-order valence-electron chi connectivity index (χ0n) is 20.1. The first-order chi connectivity index (χ1) is 15.6. The van der Waals surface area contributed by atoms with Crippen LogP contribution in [0, 0.1) is 5.92 Å². The molecular formula is C26H38IN5O. The summed E-state index contributed by atoms with van der Waals surface area (Å²) in [6.07, 6.45) is 3.40. The monoisotopic (exact) mass is 563 g/mol. The summed E-state index contributed by atoms with van der Waals surface area (Å²) in [6.45, 7) is 7.22. The second-order valence-corrected chi connectivity index (χ2v) is 8.61. The van der Waals surface area contributed by atoms with Crippen LogP contribution in [-0.4, -0.2) is 50.5 Å². The highest BCUT2D eigenvalue weighted by Gasteiger charge is 2.16. The van der Waals surface area contributed by atoms with Gasteiger partial charge in [0.15, 0.2) is 5.96 Å². The normalized spacial score (nSPS) is 14.9. The molecular weight excluding hydrogens is 525 g/mol. The first-order valence-corrected chi connectivity index (χ1v) is 11.6. The van der Waals surface area contributed by atoms with Crippen molar-refractivity contribution in [2.75, 3.05) is 33.7 Å². The number of amides is 1. The lowest BCUT2D eigenvalue weighted by Gasteiger charge is -2.30. The lowest BCUT2D eigenvalue weighted by Crippen LogP contribution is -2.38. The van der Waals surface area contributed by atoms with Gasteiger partial charge in [0.2, 0.25) is 0 Å². The second-order valence-electron chi connectivity index (χ2n) is 8.61. The lowest BCUT2D eigenvalue weighted by molar-refractivity contribution is 0.0963. The average Bonchev–Trinajstić information content (AvgIpc) is 2.83. The van der Waals surface area contributed by atoms with Crippen LogP contribution in [0.15, 0.2) is 53.5 Å². The second kappa shape index (κ2) is 14.2. The van der Waals surface area contributed by atoms with Crippen molar-refractivity contribution in [1.29, 1.82) is 0 Å². The molecule has 0 spiro atoms. The van der Waals surface area contributed by atoms with Gasteiger partial charge in [-0.1, -0.05) is 43.3 Å². The molecule has 3 rings (SSSR count). The topological polar surface area (TPSA) is 68.8 Å². The van der Waals surface area contributed by atoms with Crippen molar-refractivity contribution >= 4 is 35.8 Å². The van der Waals surface area contributed by atoms with Gasteiger partial charge in [-0.25, -0.2) is 0 Å². The molecule has 2 aromatic carbocycles. The molecule has 0 radical (unpaired) electrons. The van der Waals surface area contributed by atoms with Crippen LogP contribution in [0.25, 0.3) is 0 Å². The zero-order valence-corrected chi connectivity index (χ0v) is 22.4. The number of hydrogen-bond acceptors (Lipinski definition) is 3. The van der Waals surface area contributed by atoms with Gasteiger partial charge >= 0.3 is 0 Å². The van der Waals surface area contributed by atoms with Gasteiger partial charge in [0.1, 0.15) is 0 Å². The number of guanidine groups is 1. The summed E-state index contributed by atoms with van der Waals surface area (Å²) in [5, 5.41) is 9.51. The Kier molecular flexibility index (Phi) is 11.7. The molecule has 1 aliphatic heterocycles. The van der Waals surface area contributed by atoms with E-state index in [4.69, 9.17) is 0 Å². The summed E-state index contributed by atoms with van der Waals surface area (Å²) in [5.74, 6) is 1.58. The molecule has 33 heavy (non-hydrogen) atoms. The van der Waals surface area contributed by atoms with E-state index in [9.17, 15) is 4.79 Å². The zero-order chi connectivity index (χ0) is 22.8. The Morgan fingerprint density at radius 1 is 1.06 bits per heavy atom. The predicted octanol–water partition coefficient (Wildman–Crippen LogP) is 3.80. The number of halogens is 1. The fraction of sp³-hybridized carbons (Fsp3) is 0.462. The minimum absolute atomic E-state index is 0. The van der Waals surface area contributed by atoms with Crippen molar-refractivity contribution in [3.63, 3.8) is 0 Å². The van der Waals surface area contributed by atoms with Gasteiger partial charge in [-0.2, -0.15) is 0 Å². The van der Waals surface area contributed by atoms with Crippen molar-refractivity contribution in [3.05, 3.63) is 70.8 Å². The molecule has 0 aromatic heterocycles. The Labute approximate surface area is 215 Å². The molecule has 7 heteroatoms. The van der Waals surface area contributed by atoms with Crippen molar-refractivity contribution < 1.29 is 4.79 Å². The Bertz CT molecular complexity index is 909. The summed E-state index contributed by atoms with van der Waals surface area (Å²) in [5.41, 5.74) is 4.51. The van der Waals surface area contributed by atoms with E-state index in [1.807, 2.05) is 24.3 Å². The number of piperidine rings is 1. The summed E-state index contributed by atoms with van der Waals surface area (Å²) in [7, 11) is 3.44. The lowest BCUT2D eigenvalue weighted by atomic mass is 9.98. The van der Waals surface area contributed by atoms with Gasteiger partial charge in [-0.3, -0.25) is 14.7 Å².